The summed E-state index contributed by atoms with van der Waals surface area (Å²) in [5.41, 5.74) is 4.43. The number of hydrogen-bond acceptors (Lipinski definition) is 2. The first kappa shape index (κ1) is 11.9. The summed E-state index contributed by atoms with van der Waals surface area (Å²) in [4.78, 5) is 11.1. The molecule has 0 atom stereocenters. The third kappa shape index (κ3) is 1.98. The van der Waals surface area contributed by atoms with Crippen LogP contribution in [0.2, 0.25) is 5.02 Å². The highest BCUT2D eigenvalue weighted by atomic mass is 35.5. The molecule has 1 aromatic heterocycles. The number of halogens is 1. The highest BCUT2D eigenvalue weighted by Crippen LogP contribution is 2.30. The molecule has 2 rings (SSSR count). The van der Waals surface area contributed by atoms with E-state index in [-0.39, 0.29) is 0 Å². The smallest absolute Gasteiger partial charge is 0.150 e. The van der Waals surface area contributed by atoms with E-state index in [4.69, 9.17) is 11.6 Å². The lowest BCUT2D eigenvalue weighted by molar-refractivity contribution is 0.112. The van der Waals surface area contributed by atoms with Crippen LogP contribution in [-0.4, -0.2) is 16.1 Å². The van der Waals surface area contributed by atoms with Crippen molar-refractivity contribution in [2.45, 2.75) is 13.8 Å². The van der Waals surface area contributed by atoms with Crippen molar-refractivity contribution in [3.05, 3.63) is 40.2 Å². The fourth-order valence-electron chi connectivity index (χ4n) is 2.02. The zero-order chi connectivity index (χ0) is 12.6. The summed E-state index contributed by atoms with van der Waals surface area (Å²) in [6.07, 6.45) is 0.826. The maximum absolute atomic E-state index is 11.1. The van der Waals surface area contributed by atoms with Gasteiger partial charge in [0.2, 0.25) is 0 Å². The van der Waals surface area contributed by atoms with Crippen molar-refractivity contribution in [3.8, 4) is 11.1 Å². The number of benzene rings is 1. The Balaban J connectivity index is 2.72. The number of aldehydes is 1. The van der Waals surface area contributed by atoms with Crippen LogP contribution in [0.1, 0.15) is 21.7 Å². The summed E-state index contributed by atoms with van der Waals surface area (Å²) in [7, 11) is 1.89. The molecule has 0 saturated heterocycles. The molecule has 0 saturated carbocycles. The first-order chi connectivity index (χ1) is 8.04. The van der Waals surface area contributed by atoms with Gasteiger partial charge in [0.15, 0.2) is 6.29 Å². The third-order valence-electron chi connectivity index (χ3n) is 2.92. The number of carbonyl (C=O) groups excluding carboxylic acids is 1. The molecule has 0 amide bonds. The number of carbonyl (C=O) groups is 1. The molecule has 1 heterocycles. The molecular formula is C13H13ClN2O. The van der Waals surface area contributed by atoms with Gasteiger partial charge in [0.25, 0.3) is 0 Å². The van der Waals surface area contributed by atoms with Gasteiger partial charge in [0.1, 0.15) is 0 Å². The second kappa shape index (κ2) is 4.34. The molecule has 0 unspecified atom stereocenters. The summed E-state index contributed by atoms with van der Waals surface area (Å²) in [6, 6.07) is 5.33. The quantitative estimate of drug-likeness (QED) is 0.765. The molecule has 0 bridgehead atoms. The SMILES string of the molecule is Cc1nn(C)c(C)c1-c1ccc(Cl)cc1C=O. The van der Waals surface area contributed by atoms with Crippen LogP contribution in [0.3, 0.4) is 0 Å². The Bertz CT molecular complexity index is 587. The van der Waals surface area contributed by atoms with Crippen molar-refractivity contribution in [2.75, 3.05) is 0 Å². The molecule has 88 valence electrons. The minimum absolute atomic E-state index is 0.565. The highest BCUT2D eigenvalue weighted by molar-refractivity contribution is 6.31. The van der Waals surface area contributed by atoms with E-state index in [0.717, 1.165) is 28.8 Å². The Morgan fingerprint density at radius 3 is 2.59 bits per heavy atom. The van der Waals surface area contributed by atoms with Crippen molar-refractivity contribution in [2.24, 2.45) is 7.05 Å². The minimum Gasteiger partial charge on any atom is -0.298 e. The molecule has 0 aliphatic heterocycles. The molecule has 0 aliphatic carbocycles. The zero-order valence-corrected chi connectivity index (χ0v) is 10.7. The van der Waals surface area contributed by atoms with E-state index in [1.54, 1.807) is 12.1 Å². The van der Waals surface area contributed by atoms with Gasteiger partial charge in [-0.1, -0.05) is 17.7 Å². The number of aryl methyl sites for hydroxylation is 2. The van der Waals surface area contributed by atoms with Gasteiger partial charge in [0.05, 0.1) is 5.69 Å². The van der Waals surface area contributed by atoms with Crippen molar-refractivity contribution in [1.29, 1.82) is 0 Å². The lowest BCUT2D eigenvalue weighted by Crippen LogP contribution is -1.93. The Kier molecular flexibility index (Phi) is 3.03. The molecule has 2 aromatic rings. The van der Waals surface area contributed by atoms with E-state index in [1.165, 1.54) is 0 Å². The largest absolute Gasteiger partial charge is 0.298 e. The summed E-state index contributed by atoms with van der Waals surface area (Å²) in [5, 5.41) is 4.92. The van der Waals surface area contributed by atoms with Gasteiger partial charge in [-0.05, 0) is 31.5 Å². The fourth-order valence-corrected chi connectivity index (χ4v) is 2.20. The molecule has 0 fully saturated rings. The van der Waals surface area contributed by atoms with Gasteiger partial charge in [-0.3, -0.25) is 9.48 Å². The normalized spacial score (nSPS) is 10.6. The van der Waals surface area contributed by atoms with E-state index >= 15 is 0 Å². The Hall–Kier alpha value is -1.61. The molecule has 0 spiro atoms. The molecule has 3 nitrogen and oxygen atoms in total. The van der Waals surface area contributed by atoms with Crippen LogP contribution in [0.5, 0.6) is 0 Å². The standard InChI is InChI=1S/C13H13ClN2O/c1-8-13(9(2)16(3)15-8)12-5-4-11(14)6-10(12)7-17/h4-7H,1-3H3. The summed E-state index contributed by atoms with van der Waals surface area (Å²) >= 11 is 5.89. The van der Waals surface area contributed by atoms with Gasteiger partial charge in [-0.25, -0.2) is 0 Å². The Morgan fingerprint density at radius 2 is 2.06 bits per heavy atom. The molecule has 4 heteroatoms. The van der Waals surface area contributed by atoms with Crippen LogP contribution in [-0.2, 0) is 7.05 Å². The van der Waals surface area contributed by atoms with E-state index < -0.39 is 0 Å². The average molecular weight is 249 g/mol. The first-order valence-corrected chi connectivity index (χ1v) is 5.67. The summed E-state index contributed by atoms with van der Waals surface area (Å²) < 4.78 is 1.81. The molecule has 1 aromatic carbocycles. The number of hydrogen-bond donors (Lipinski definition) is 0. The highest BCUT2D eigenvalue weighted by Gasteiger charge is 2.14. The second-order valence-corrected chi connectivity index (χ2v) is 4.46. The van der Waals surface area contributed by atoms with Crippen molar-refractivity contribution < 1.29 is 4.79 Å². The van der Waals surface area contributed by atoms with Crippen LogP contribution in [0.25, 0.3) is 11.1 Å². The van der Waals surface area contributed by atoms with Crippen molar-refractivity contribution in [3.63, 3.8) is 0 Å². The minimum atomic E-state index is 0.565. The van der Waals surface area contributed by atoms with Crippen LogP contribution in [0.15, 0.2) is 18.2 Å². The first-order valence-electron chi connectivity index (χ1n) is 5.30. The average Bonchev–Trinajstić information content (AvgIpc) is 2.54. The van der Waals surface area contributed by atoms with Gasteiger partial charge in [-0.15, -0.1) is 0 Å². The fraction of sp³-hybridized carbons (Fsp3) is 0.231. The van der Waals surface area contributed by atoms with Gasteiger partial charge < -0.3 is 0 Å². The molecule has 0 radical (unpaired) electrons. The molecule has 17 heavy (non-hydrogen) atoms. The number of nitrogens with zero attached hydrogens (tertiary/aromatic N) is 2. The third-order valence-corrected chi connectivity index (χ3v) is 3.15. The lowest BCUT2D eigenvalue weighted by Gasteiger charge is -2.06. The van der Waals surface area contributed by atoms with E-state index in [1.807, 2.05) is 31.6 Å². The topological polar surface area (TPSA) is 34.9 Å². The van der Waals surface area contributed by atoms with Gasteiger partial charge in [0, 0.05) is 28.9 Å². The predicted octanol–water partition coefficient (Wildman–Crippen LogP) is 3.17. The Labute approximate surface area is 105 Å². The van der Waals surface area contributed by atoms with Crippen molar-refractivity contribution >= 4 is 17.9 Å². The van der Waals surface area contributed by atoms with E-state index in [9.17, 15) is 4.79 Å². The van der Waals surface area contributed by atoms with Crippen molar-refractivity contribution in [1.82, 2.24) is 9.78 Å². The molecule has 0 N–H and O–H groups in total. The van der Waals surface area contributed by atoms with Crippen LogP contribution >= 0.6 is 11.6 Å². The number of rotatable bonds is 2. The van der Waals surface area contributed by atoms with Gasteiger partial charge in [-0.2, -0.15) is 5.10 Å². The van der Waals surface area contributed by atoms with Crippen LogP contribution in [0, 0.1) is 13.8 Å². The lowest BCUT2D eigenvalue weighted by atomic mass is 9.99. The molecular weight excluding hydrogens is 236 g/mol. The maximum atomic E-state index is 11.1. The van der Waals surface area contributed by atoms with Crippen LogP contribution < -0.4 is 0 Å². The van der Waals surface area contributed by atoms with E-state index in [2.05, 4.69) is 5.10 Å². The van der Waals surface area contributed by atoms with E-state index in [0.29, 0.717) is 10.6 Å². The maximum Gasteiger partial charge on any atom is 0.150 e. The second-order valence-electron chi connectivity index (χ2n) is 4.02. The van der Waals surface area contributed by atoms with Gasteiger partial charge >= 0.3 is 0 Å². The van der Waals surface area contributed by atoms with Crippen LogP contribution in [0.4, 0.5) is 0 Å². The summed E-state index contributed by atoms with van der Waals surface area (Å²) in [5.74, 6) is 0. The predicted molar refractivity (Wildman–Crippen MR) is 68.5 cm³/mol. The molecule has 0 aliphatic rings. The monoisotopic (exact) mass is 248 g/mol. The summed E-state index contributed by atoms with van der Waals surface area (Å²) in [6.45, 7) is 3.92. The Morgan fingerprint density at radius 1 is 1.35 bits per heavy atom. The number of aromatic nitrogens is 2. The zero-order valence-electron chi connectivity index (χ0n) is 9.99.